The maximum atomic E-state index is 12.5. The molecule has 0 spiro atoms. The summed E-state index contributed by atoms with van der Waals surface area (Å²) in [5.74, 6) is -0.217. The first-order chi connectivity index (χ1) is 14.5. The van der Waals surface area contributed by atoms with Gasteiger partial charge in [0.25, 0.3) is 5.91 Å². The van der Waals surface area contributed by atoms with Crippen molar-refractivity contribution in [3.63, 3.8) is 0 Å². The van der Waals surface area contributed by atoms with Crippen molar-refractivity contribution in [3.8, 4) is 0 Å². The highest BCUT2D eigenvalue weighted by atomic mass is 35.5. The molecule has 0 heterocycles. The van der Waals surface area contributed by atoms with Crippen LogP contribution in [0.2, 0.25) is 5.02 Å². The van der Waals surface area contributed by atoms with Crippen LogP contribution in [0.25, 0.3) is 21.5 Å². The fourth-order valence-corrected chi connectivity index (χ4v) is 3.76. The van der Waals surface area contributed by atoms with E-state index < -0.39 is 6.04 Å². The van der Waals surface area contributed by atoms with E-state index in [0.29, 0.717) is 5.02 Å². The molecule has 1 atom stereocenters. The van der Waals surface area contributed by atoms with Gasteiger partial charge in [0.15, 0.2) is 0 Å². The number of hydrogen-bond acceptors (Lipinski definition) is 3. The summed E-state index contributed by atoms with van der Waals surface area (Å²) in [6.07, 6.45) is 1.73. The van der Waals surface area contributed by atoms with Gasteiger partial charge in [-0.3, -0.25) is 4.79 Å². The van der Waals surface area contributed by atoms with Gasteiger partial charge in [0.05, 0.1) is 6.21 Å². The molecule has 1 amide bonds. The highest BCUT2D eigenvalue weighted by Crippen LogP contribution is 2.27. The van der Waals surface area contributed by atoms with Gasteiger partial charge in [0, 0.05) is 16.3 Å². The van der Waals surface area contributed by atoms with Crippen LogP contribution < -0.4 is 10.7 Å². The number of amides is 1. The quantitative estimate of drug-likeness (QED) is 0.242. The molecule has 0 saturated carbocycles. The molecule has 0 saturated heterocycles. The summed E-state index contributed by atoms with van der Waals surface area (Å²) in [5, 5.41) is 12.6. The third kappa shape index (κ3) is 4.14. The van der Waals surface area contributed by atoms with Gasteiger partial charge in [0.1, 0.15) is 6.04 Å². The summed E-state index contributed by atoms with van der Waals surface area (Å²) in [6, 6.07) is 23.6. The maximum absolute atomic E-state index is 12.5. The van der Waals surface area contributed by atoms with Crippen molar-refractivity contribution >= 4 is 51.0 Å². The minimum absolute atomic E-state index is 0.217. The van der Waals surface area contributed by atoms with Crippen molar-refractivity contribution in [1.82, 2.24) is 5.43 Å². The van der Waals surface area contributed by atoms with E-state index in [1.807, 2.05) is 43.3 Å². The molecule has 0 aliphatic rings. The molecular formula is C25H22ClN3O. The predicted molar refractivity (Wildman–Crippen MR) is 126 cm³/mol. The lowest BCUT2D eigenvalue weighted by atomic mass is 9.97. The SMILES string of the molecule is Cc1cc(Cl)ccc1N[C@@H](C)C(=O)N/N=C\c1c2ccccc2cc2ccccc12. The Labute approximate surface area is 180 Å². The average Bonchev–Trinajstić information content (AvgIpc) is 2.75. The average molecular weight is 416 g/mol. The first kappa shape index (κ1) is 19.9. The number of nitrogens with zero attached hydrogens (tertiary/aromatic N) is 1. The predicted octanol–water partition coefficient (Wildman–Crippen LogP) is 5.91. The number of nitrogens with one attached hydrogen (secondary N) is 2. The van der Waals surface area contributed by atoms with Gasteiger partial charge in [-0.1, -0.05) is 60.1 Å². The lowest BCUT2D eigenvalue weighted by molar-refractivity contribution is -0.121. The Morgan fingerprint density at radius 3 is 2.23 bits per heavy atom. The summed E-state index contributed by atoms with van der Waals surface area (Å²) in [4.78, 5) is 12.5. The molecule has 0 aliphatic carbocycles. The summed E-state index contributed by atoms with van der Waals surface area (Å²) < 4.78 is 0. The lowest BCUT2D eigenvalue weighted by Gasteiger charge is -2.15. The van der Waals surface area contributed by atoms with Crippen molar-refractivity contribution in [2.75, 3.05) is 5.32 Å². The van der Waals surface area contributed by atoms with Crippen LogP contribution in [0.15, 0.2) is 77.9 Å². The number of carbonyl (C=O) groups is 1. The standard InChI is InChI=1S/C25H22ClN3O/c1-16-13-20(26)11-12-24(16)28-17(2)25(30)29-27-15-23-21-9-5-3-7-18(21)14-19-8-4-6-10-22(19)23/h3-15,17,28H,1-2H3,(H,29,30)/b27-15-/t17-/m0/s1. The van der Waals surface area contributed by atoms with Crippen LogP contribution in [0.1, 0.15) is 18.1 Å². The molecule has 2 N–H and O–H groups in total. The van der Waals surface area contributed by atoms with Crippen LogP contribution in [0.5, 0.6) is 0 Å². The summed E-state index contributed by atoms with van der Waals surface area (Å²) >= 11 is 6.00. The smallest absolute Gasteiger partial charge is 0.262 e. The Balaban J connectivity index is 1.55. The van der Waals surface area contributed by atoms with Gasteiger partial charge in [-0.2, -0.15) is 5.10 Å². The molecule has 0 bridgehead atoms. The zero-order valence-electron chi connectivity index (χ0n) is 16.8. The van der Waals surface area contributed by atoms with Crippen LogP contribution in [0.3, 0.4) is 0 Å². The number of carbonyl (C=O) groups excluding carboxylic acids is 1. The fraction of sp³-hybridized carbons (Fsp3) is 0.120. The highest BCUT2D eigenvalue weighted by Gasteiger charge is 2.13. The summed E-state index contributed by atoms with van der Waals surface area (Å²) in [7, 11) is 0. The lowest BCUT2D eigenvalue weighted by Crippen LogP contribution is -2.35. The number of fused-ring (bicyclic) bond motifs is 2. The molecule has 0 fully saturated rings. The number of hydrogen-bond donors (Lipinski definition) is 2. The maximum Gasteiger partial charge on any atom is 0.262 e. The van der Waals surface area contributed by atoms with E-state index in [2.05, 4.69) is 46.2 Å². The molecule has 0 aromatic heterocycles. The molecule has 5 heteroatoms. The van der Waals surface area contributed by atoms with E-state index in [1.54, 1.807) is 19.2 Å². The van der Waals surface area contributed by atoms with Crippen LogP contribution in [0, 0.1) is 6.92 Å². The van der Waals surface area contributed by atoms with E-state index in [9.17, 15) is 4.79 Å². The Hall–Kier alpha value is -3.37. The molecule has 4 aromatic rings. The molecule has 4 aromatic carbocycles. The summed E-state index contributed by atoms with van der Waals surface area (Å²) in [5.41, 5.74) is 5.48. The normalized spacial score (nSPS) is 12.4. The van der Waals surface area contributed by atoms with Crippen molar-refractivity contribution in [1.29, 1.82) is 0 Å². The Kier molecular flexibility index (Phi) is 5.68. The molecular weight excluding hydrogens is 394 g/mol. The van der Waals surface area contributed by atoms with Gasteiger partial charge in [0.2, 0.25) is 0 Å². The summed E-state index contributed by atoms with van der Waals surface area (Å²) in [6.45, 7) is 3.74. The number of hydrazone groups is 1. The molecule has 0 radical (unpaired) electrons. The van der Waals surface area contributed by atoms with Crippen molar-refractivity contribution in [3.05, 3.63) is 88.9 Å². The molecule has 4 rings (SSSR count). The van der Waals surface area contributed by atoms with E-state index in [4.69, 9.17) is 11.6 Å². The number of anilines is 1. The van der Waals surface area contributed by atoms with E-state index in [0.717, 1.165) is 38.4 Å². The number of benzene rings is 4. The number of aryl methyl sites for hydroxylation is 1. The molecule has 30 heavy (non-hydrogen) atoms. The van der Waals surface area contributed by atoms with Crippen LogP contribution in [0.4, 0.5) is 5.69 Å². The number of rotatable bonds is 5. The second-order valence-electron chi connectivity index (χ2n) is 7.29. The van der Waals surface area contributed by atoms with Gasteiger partial charge in [-0.05, 0) is 65.2 Å². The minimum Gasteiger partial charge on any atom is -0.374 e. The van der Waals surface area contributed by atoms with Gasteiger partial charge >= 0.3 is 0 Å². The monoisotopic (exact) mass is 415 g/mol. The second-order valence-corrected chi connectivity index (χ2v) is 7.73. The molecule has 0 aliphatic heterocycles. The first-order valence-electron chi connectivity index (χ1n) is 9.79. The topological polar surface area (TPSA) is 53.5 Å². The molecule has 4 nitrogen and oxygen atoms in total. The molecule has 0 unspecified atom stereocenters. The Morgan fingerprint density at radius 1 is 0.967 bits per heavy atom. The van der Waals surface area contributed by atoms with Crippen LogP contribution in [-0.4, -0.2) is 18.2 Å². The van der Waals surface area contributed by atoms with E-state index in [1.165, 1.54) is 0 Å². The van der Waals surface area contributed by atoms with Crippen molar-refractivity contribution < 1.29 is 4.79 Å². The van der Waals surface area contributed by atoms with E-state index >= 15 is 0 Å². The third-order valence-electron chi connectivity index (χ3n) is 5.14. The molecule has 150 valence electrons. The van der Waals surface area contributed by atoms with Crippen LogP contribution in [-0.2, 0) is 4.79 Å². The Morgan fingerprint density at radius 2 is 1.60 bits per heavy atom. The zero-order chi connectivity index (χ0) is 21.1. The van der Waals surface area contributed by atoms with Crippen LogP contribution >= 0.6 is 11.6 Å². The largest absolute Gasteiger partial charge is 0.374 e. The fourth-order valence-electron chi connectivity index (χ4n) is 3.53. The highest BCUT2D eigenvalue weighted by molar-refractivity contribution is 6.30. The van der Waals surface area contributed by atoms with E-state index in [-0.39, 0.29) is 5.91 Å². The third-order valence-corrected chi connectivity index (χ3v) is 5.37. The minimum atomic E-state index is -0.453. The zero-order valence-corrected chi connectivity index (χ0v) is 17.6. The van der Waals surface area contributed by atoms with Gasteiger partial charge in [-0.25, -0.2) is 5.43 Å². The van der Waals surface area contributed by atoms with Gasteiger partial charge < -0.3 is 5.32 Å². The number of halogens is 1. The van der Waals surface area contributed by atoms with Crippen molar-refractivity contribution in [2.24, 2.45) is 5.10 Å². The second kappa shape index (κ2) is 8.56. The van der Waals surface area contributed by atoms with Gasteiger partial charge in [-0.15, -0.1) is 0 Å². The Bertz CT molecular complexity index is 1210. The van der Waals surface area contributed by atoms with Crippen molar-refractivity contribution in [2.45, 2.75) is 19.9 Å². The first-order valence-corrected chi connectivity index (χ1v) is 10.2.